The van der Waals surface area contributed by atoms with Crippen LogP contribution in [0.4, 0.5) is 26.0 Å². The first kappa shape index (κ1) is 11.3. The SMILES string of the molecule is Cc1cnc(Nc2cc(F)ccc2F)c(N)c1. The maximum absolute atomic E-state index is 13.4. The van der Waals surface area contributed by atoms with Gasteiger partial charge in [-0.2, -0.15) is 0 Å². The Hall–Kier alpha value is -2.17. The molecule has 0 radical (unpaired) electrons. The third-order valence-corrected chi connectivity index (χ3v) is 2.24. The lowest BCUT2D eigenvalue weighted by Gasteiger charge is -2.09. The topological polar surface area (TPSA) is 50.9 Å². The smallest absolute Gasteiger partial charge is 0.153 e. The Balaban J connectivity index is 2.34. The molecule has 0 aliphatic heterocycles. The molecule has 1 aromatic carbocycles. The zero-order chi connectivity index (χ0) is 12.4. The standard InChI is InChI=1S/C12H11F2N3/c1-7-4-10(15)12(16-6-7)17-11-5-8(13)2-3-9(11)14/h2-6H,15H2,1H3,(H,16,17). The molecule has 5 heteroatoms. The number of aryl methyl sites for hydroxylation is 1. The van der Waals surface area contributed by atoms with Crippen LogP contribution in [0.15, 0.2) is 30.5 Å². The van der Waals surface area contributed by atoms with Crippen molar-refractivity contribution in [3.63, 3.8) is 0 Å². The first-order valence-electron chi connectivity index (χ1n) is 5.00. The van der Waals surface area contributed by atoms with Crippen molar-refractivity contribution in [1.82, 2.24) is 4.98 Å². The van der Waals surface area contributed by atoms with Crippen molar-refractivity contribution in [3.05, 3.63) is 47.7 Å². The molecule has 0 saturated carbocycles. The summed E-state index contributed by atoms with van der Waals surface area (Å²) in [5.74, 6) is -0.784. The predicted molar refractivity (Wildman–Crippen MR) is 63.0 cm³/mol. The molecule has 17 heavy (non-hydrogen) atoms. The molecule has 0 bridgehead atoms. The number of pyridine rings is 1. The minimum atomic E-state index is -0.562. The van der Waals surface area contributed by atoms with Crippen molar-refractivity contribution in [2.45, 2.75) is 6.92 Å². The van der Waals surface area contributed by atoms with E-state index >= 15 is 0 Å². The van der Waals surface area contributed by atoms with Crippen LogP contribution >= 0.6 is 0 Å². The lowest BCUT2D eigenvalue weighted by molar-refractivity contribution is 0.603. The second kappa shape index (κ2) is 4.37. The van der Waals surface area contributed by atoms with Gasteiger partial charge in [-0.25, -0.2) is 13.8 Å². The van der Waals surface area contributed by atoms with Crippen molar-refractivity contribution < 1.29 is 8.78 Å². The molecular formula is C12H11F2N3. The van der Waals surface area contributed by atoms with Crippen LogP contribution in [0, 0.1) is 18.6 Å². The van der Waals surface area contributed by atoms with E-state index in [2.05, 4.69) is 10.3 Å². The molecule has 2 rings (SSSR count). The zero-order valence-electron chi connectivity index (χ0n) is 9.17. The van der Waals surface area contributed by atoms with E-state index in [1.807, 2.05) is 6.92 Å². The van der Waals surface area contributed by atoms with Crippen LogP contribution in [0.3, 0.4) is 0 Å². The van der Waals surface area contributed by atoms with Gasteiger partial charge in [-0.1, -0.05) is 0 Å². The molecule has 0 amide bonds. The summed E-state index contributed by atoms with van der Waals surface area (Å²) in [7, 11) is 0. The molecule has 0 atom stereocenters. The summed E-state index contributed by atoms with van der Waals surface area (Å²) < 4.78 is 26.3. The van der Waals surface area contributed by atoms with Gasteiger partial charge in [-0.3, -0.25) is 0 Å². The molecule has 3 N–H and O–H groups in total. The fraction of sp³-hybridized carbons (Fsp3) is 0.0833. The summed E-state index contributed by atoms with van der Waals surface area (Å²) in [6.07, 6.45) is 1.59. The number of aromatic nitrogens is 1. The first-order chi connectivity index (χ1) is 8.06. The molecule has 88 valence electrons. The highest BCUT2D eigenvalue weighted by molar-refractivity contribution is 5.69. The van der Waals surface area contributed by atoms with Gasteiger partial charge < -0.3 is 11.1 Å². The van der Waals surface area contributed by atoms with Crippen molar-refractivity contribution in [2.75, 3.05) is 11.1 Å². The number of nitrogens with one attached hydrogen (secondary N) is 1. The Morgan fingerprint density at radius 3 is 2.71 bits per heavy atom. The summed E-state index contributed by atoms with van der Waals surface area (Å²) >= 11 is 0. The highest BCUT2D eigenvalue weighted by atomic mass is 19.1. The quantitative estimate of drug-likeness (QED) is 0.841. The Bertz CT molecular complexity index is 555. The normalized spacial score (nSPS) is 10.3. The maximum atomic E-state index is 13.4. The zero-order valence-corrected chi connectivity index (χ0v) is 9.17. The number of nitrogen functional groups attached to an aromatic ring is 1. The van der Waals surface area contributed by atoms with Crippen LogP contribution in [-0.2, 0) is 0 Å². The van der Waals surface area contributed by atoms with Crippen LogP contribution in [0.5, 0.6) is 0 Å². The van der Waals surface area contributed by atoms with Gasteiger partial charge in [-0.05, 0) is 30.7 Å². The second-order valence-electron chi connectivity index (χ2n) is 3.70. The van der Waals surface area contributed by atoms with E-state index in [9.17, 15) is 8.78 Å². The van der Waals surface area contributed by atoms with Crippen LogP contribution < -0.4 is 11.1 Å². The summed E-state index contributed by atoms with van der Waals surface area (Å²) in [6, 6.07) is 4.84. The summed E-state index contributed by atoms with van der Waals surface area (Å²) in [4.78, 5) is 4.02. The number of benzene rings is 1. The van der Waals surface area contributed by atoms with Crippen molar-refractivity contribution in [1.29, 1.82) is 0 Å². The van der Waals surface area contributed by atoms with Crippen LogP contribution in [-0.4, -0.2) is 4.98 Å². The Morgan fingerprint density at radius 1 is 1.24 bits per heavy atom. The summed E-state index contributed by atoms with van der Waals surface area (Å²) in [5.41, 5.74) is 7.00. The Labute approximate surface area is 97.3 Å². The second-order valence-corrected chi connectivity index (χ2v) is 3.70. The summed E-state index contributed by atoms with van der Waals surface area (Å²) in [6.45, 7) is 1.84. The highest BCUT2D eigenvalue weighted by Gasteiger charge is 2.07. The summed E-state index contributed by atoms with van der Waals surface area (Å²) in [5, 5.41) is 2.66. The number of halogens is 2. The average Bonchev–Trinajstić information content (AvgIpc) is 2.27. The number of hydrogen-bond acceptors (Lipinski definition) is 3. The van der Waals surface area contributed by atoms with Gasteiger partial charge in [0.15, 0.2) is 5.82 Å². The Kier molecular flexibility index (Phi) is 2.91. The van der Waals surface area contributed by atoms with E-state index in [0.717, 1.165) is 23.8 Å². The van der Waals surface area contributed by atoms with Gasteiger partial charge in [0, 0.05) is 12.3 Å². The van der Waals surface area contributed by atoms with E-state index in [4.69, 9.17) is 5.73 Å². The van der Waals surface area contributed by atoms with Crippen LogP contribution in [0.25, 0.3) is 0 Å². The number of nitrogens with zero attached hydrogens (tertiary/aromatic N) is 1. The lowest BCUT2D eigenvalue weighted by atomic mass is 10.2. The fourth-order valence-electron chi connectivity index (χ4n) is 1.42. The van der Waals surface area contributed by atoms with E-state index in [1.165, 1.54) is 0 Å². The third-order valence-electron chi connectivity index (χ3n) is 2.24. The van der Waals surface area contributed by atoms with Crippen molar-refractivity contribution in [2.24, 2.45) is 0 Å². The predicted octanol–water partition coefficient (Wildman–Crippen LogP) is 2.99. The first-order valence-corrected chi connectivity index (χ1v) is 5.00. The number of nitrogens with two attached hydrogens (primary N) is 1. The molecule has 0 saturated heterocycles. The lowest BCUT2D eigenvalue weighted by Crippen LogP contribution is -2.01. The van der Waals surface area contributed by atoms with Gasteiger partial charge >= 0.3 is 0 Å². The Morgan fingerprint density at radius 2 is 2.00 bits per heavy atom. The molecule has 2 aromatic rings. The van der Waals surface area contributed by atoms with Gasteiger partial charge in [0.05, 0.1) is 11.4 Å². The average molecular weight is 235 g/mol. The highest BCUT2D eigenvalue weighted by Crippen LogP contribution is 2.23. The van der Waals surface area contributed by atoms with Crippen LogP contribution in [0.1, 0.15) is 5.56 Å². The number of hydrogen-bond donors (Lipinski definition) is 2. The molecule has 0 spiro atoms. The molecule has 1 aromatic heterocycles. The van der Waals surface area contributed by atoms with Gasteiger partial charge in [0.2, 0.25) is 0 Å². The van der Waals surface area contributed by atoms with E-state index in [1.54, 1.807) is 12.3 Å². The van der Waals surface area contributed by atoms with Gasteiger partial charge in [0.1, 0.15) is 11.6 Å². The van der Waals surface area contributed by atoms with Crippen LogP contribution in [0.2, 0.25) is 0 Å². The number of anilines is 3. The monoisotopic (exact) mass is 235 g/mol. The van der Waals surface area contributed by atoms with E-state index in [0.29, 0.717) is 11.5 Å². The largest absolute Gasteiger partial charge is 0.396 e. The van der Waals surface area contributed by atoms with Crippen molar-refractivity contribution in [3.8, 4) is 0 Å². The molecule has 0 unspecified atom stereocenters. The minimum Gasteiger partial charge on any atom is -0.396 e. The molecule has 1 heterocycles. The third kappa shape index (κ3) is 2.50. The molecule has 0 aliphatic carbocycles. The molecule has 0 aliphatic rings. The van der Waals surface area contributed by atoms with Gasteiger partial charge in [-0.15, -0.1) is 0 Å². The minimum absolute atomic E-state index is 0.00746. The maximum Gasteiger partial charge on any atom is 0.153 e. The number of rotatable bonds is 2. The molecular weight excluding hydrogens is 224 g/mol. The molecule has 3 nitrogen and oxygen atoms in total. The fourth-order valence-corrected chi connectivity index (χ4v) is 1.42. The van der Waals surface area contributed by atoms with E-state index in [-0.39, 0.29) is 5.69 Å². The van der Waals surface area contributed by atoms with Crippen molar-refractivity contribution >= 4 is 17.2 Å². The van der Waals surface area contributed by atoms with Gasteiger partial charge in [0.25, 0.3) is 0 Å². The van der Waals surface area contributed by atoms with E-state index < -0.39 is 11.6 Å². The molecule has 0 fully saturated rings.